The van der Waals surface area contributed by atoms with E-state index in [2.05, 4.69) is 54.7 Å². The normalized spacial score (nSPS) is 12.3. The van der Waals surface area contributed by atoms with Crippen molar-refractivity contribution >= 4 is 23.4 Å². The maximum Gasteiger partial charge on any atom is 0.0406 e. The second-order valence-corrected chi connectivity index (χ2v) is 6.24. The summed E-state index contributed by atoms with van der Waals surface area (Å²) >= 11 is 7.83. The summed E-state index contributed by atoms with van der Waals surface area (Å²) in [6.45, 7) is 3.15. The number of thioether (sulfide) groups is 1. The van der Waals surface area contributed by atoms with Crippen molar-refractivity contribution in [3.63, 3.8) is 0 Å². The van der Waals surface area contributed by atoms with E-state index in [1.54, 1.807) is 0 Å². The quantitative estimate of drug-likeness (QED) is 0.747. The maximum atomic E-state index is 5.93. The van der Waals surface area contributed by atoms with Gasteiger partial charge in [0.25, 0.3) is 0 Å². The highest BCUT2D eigenvalue weighted by Gasteiger charge is 2.09. The first kappa shape index (κ1) is 15.4. The molecule has 20 heavy (non-hydrogen) atoms. The first-order chi connectivity index (χ1) is 9.78. The Morgan fingerprint density at radius 3 is 2.40 bits per heavy atom. The van der Waals surface area contributed by atoms with Gasteiger partial charge in [-0.3, -0.25) is 0 Å². The molecule has 0 heterocycles. The fourth-order valence-corrected chi connectivity index (χ4v) is 3.20. The molecule has 1 atom stereocenters. The van der Waals surface area contributed by atoms with E-state index in [1.807, 2.05) is 23.9 Å². The monoisotopic (exact) mass is 305 g/mol. The van der Waals surface area contributed by atoms with Crippen molar-refractivity contribution in [2.45, 2.75) is 24.3 Å². The number of rotatable bonds is 7. The number of hydrogen-bond donors (Lipinski definition) is 1. The van der Waals surface area contributed by atoms with Crippen LogP contribution >= 0.6 is 23.4 Å². The number of likely N-dealkylation sites (N-methyl/N-ethyl adjacent to an activating group) is 1. The number of hydrogen-bond acceptors (Lipinski definition) is 2. The van der Waals surface area contributed by atoms with Gasteiger partial charge in [0.05, 0.1) is 0 Å². The minimum absolute atomic E-state index is 0.478. The molecule has 0 amide bonds. The summed E-state index contributed by atoms with van der Waals surface area (Å²) < 4.78 is 0. The maximum absolute atomic E-state index is 5.93. The van der Waals surface area contributed by atoms with Gasteiger partial charge in [0, 0.05) is 21.7 Å². The van der Waals surface area contributed by atoms with Crippen molar-refractivity contribution < 1.29 is 0 Å². The molecule has 0 aliphatic rings. The van der Waals surface area contributed by atoms with Crippen LogP contribution in [0.2, 0.25) is 5.02 Å². The first-order valence-corrected chi connectivity index (χ1v) is 8.30. The molecule has 2 rings (SSSR count). The van der Waals surface area contributed by atoms with Crippen LogP contribution in [0.4, 0.5) is 0 Å². The van der Waals surface area contributed by atoms with Gasteiger partial charge in [-0.1, -0.05) is 48.9 Å². The molecule has 2 aromatic rings. The number of nitrogens with one attached hydrogen (secondary N) is 1. The van der Waals surface area contributed by atoms with Crippen molar-refractivity contribution in [2.24, 2.45) is 0 Å². The lowest BCUT2D eigenvalue weighted by molar-refractivity contribution is 0.572. The van der Waals surface area contributed by atoms with Crippen LogP contribution in [0.3, 0.4) is 0 Å². The average Bonchev–Trinajstić information content (AvgIpc) is 2.48. The Labute approximate surface area is 130 Å². The van der Waals surface area contributed by atoms with Gasteiger partial charge in [0.2, 0.25) is 0 Å². The fourth-order valence-electron chi connectivity index (χ4n) is 2.10. The smallest absolute Gasteiger partial charge is 0.0406 e. The van der Waals surface area contributed by atoms with E-state index < -0.39 is 0 Å². The summed E-state index contributed by atoms with van der Waals surface area (Å²) in [5.74, 6) is 1.07. The lowest BCUT2D eigenvalue weighted by Gasteiger charge is -2.17. The summed E-state index contributed by atoms with van der Waals surface area (Å²) in [5.41, 5.74) is 1.33. The van der Waals surface area contributed by atoms with Gasteiger partial charge in [-0.25, -0.2) is 0 Å². The predicted octanol–water partition coefficient (Wildman–Crippen LogP) is 4.65. The van der Waals surface area contributed by atoms with E-state index in [-0.39, 0.29) is 0 Å². The van der Waals surface area contributed by atoms with Crippen molar-refractivity contribution in [1.82, 2.24) is 5.32 Å². The standard InChI is InChI=1S/C17H20ClNS/c1-2-19-16(12-14-8-10-15(18)11-9-14)13-20-17-6-4-3-5-7-17/h3-11,16,19H,2,12-13H2,1H3. The molecule has 0 saturated heterocycles. The van der Waals surface area contributed by atoms with Crippen molar-refractivity contribution in [1.29, 1.82) is 0 Å². The fraction of sp³-hybridized carbons (Fsp3) is 0.294. The van der Waals surface area contributed by atoms with Crippen LogP contribution in [-0.4, -0.2) is 18.3 Å². The summed E-state index contributed by atoms with van der Waals surface area (Å²) in [7, 11) is 0. The van der Waals surface area contributed by atoms with E-state index in [1.165, 1.54) is 10.5 Å². The van der Waals surface area contributed by atoms with Crippen LogP contribution in [-0.2, 0) is 6.42 Å². The molecule has 0 radical (unpaired) electrons. The van der Waals surface area contributed by atoms with Crippen LogP contribution in [0.15, 0.2) is 59.5 Å². The van der Waals surface area contributed by atoms with Gasteiger partial charge in [0.15, 0.2) is 0 Å². The van der Waals surface area contributed by atoms with Gasteiger partial charge in [0.1, 0.15) is 0 Å². The van der Waals surface area contributed by atoms with Crippen LogP contribution in [0.5, 0.6) is 0 Å². The third kappa shape index (κ3) is 5.20. The number of benzene rings is 2. The molecule has 0 fully saturated rings. The molecule has 0 aromatic heterocycles. The van der Waals surface area contributed by atoms with Crippen LogP contribution in [0, 0.1) is 0 Å². The second kappa shape index (κ2) is 8.35. The highest BCUT2D eigenvalue weighted by atomic mass is 35.5. The van der Waals surface area contributed by atoms with E-state index in [9.17, 15) is 0 Å². The Balaban J connectivity index is 1.91. The molecular weight excluding hydrogens is 286 g/mol. The predicted molar refractivity (Wildman–Crippen MR) is 89.8 cm³/mol. The molecule has 0 spiro atoms. The van der Waals surface area contributed by atoms with Gasteiger partial charge in [-0.05, 0) is 42.8 Å². The van der Waals surface area contributed by atoms with E-state index >= 15 is 0 Å². The highest BCUT2D eigenvalue weighted by Crippen LogP contribution is 2.19. The van der Waals surface area contributed by atoms with E-state index in [0.29, 0.717) is 6.04 Å². The molecule has 0 saturated carbocycles. The van der Waals surface area contributed by atoms with Crippen LogP contribution in [0.25, 0.3) is 0 Å². The molecule has 3 heteroatoms. The minimum Gasteiger partial charge on any atom is -0.313 e. The van der Waals surface area contributed by atoms with E-state index in [4.69, 9.17) is 11.6 Å². The zero-order chi connectivity index (χ0) is 14.2. The minimum atomic E-state index is 0.478. The summed E-state index contributed by atoms with van der Waals surface area (Å²) in [4.78, 5) is 1.33. The summed E-state index contributed by atoms with van der Waals surface area (Å²) in [6.07, 6.45) is 1.03. The van der Waals surface area contributed by atoms with Crippen LogP contribution in [0.1, 0.15) is 12.5 Å². The Bertz CT molecular complexity index is 498. The molecule has 0 bridgehead atoms. The zero-order valence-corrected chi connectivity index (χ0v) is 13.3. The Kier molecular flexibility index (Phi) is 6.44. The van der Waals surface area contributed by atoms with Crippen LogP contribution < -0.4 is 5.32 Å². The lowest BCUT2D eigenvalue weighted by Crippen LogP contribution is -2.33. The molecular formula is C17H20ClNS. The van der Waals surface area contributed by atoms with E-state index in [0.717, 1.165) is 23.7 Å². The molecule has 106 valence electrons. The molecule has 2 aromatic carbocycles. The largest absolute Gasteiger partial charge is 0.313 e. The third-order valence-electron chi connectivity index (χ3n) is 3.08. The molecule has 0 aliphatic heterocycles. The van der Waals surface area contributed by atoms with Crippen molar-refractivity contribution in [3.8, 4) is 0 Å². The van der Waals surface area contributed by atoms with Gasteiger partial charge >= 0.3 is 0 Å². The van der Waals surface area contributed by atoms with Gasteiger partial charge < -0.3 is 5.32 Å². The molecule has 1 unspecified atom stereocenters. The highest BCUT2D eigenvalue weighted by molar-refractivity contribution is 7.99. The summed E-state index contributed by atoms with van der Waals surface area (Å²) in [5, 5.41) is 4.36. The second-order valence-electron chi connectivity index (χ2n) is 4.71. The Hall–Kier alpha value is -0.960. The zero-order valence-electron chi connectivity index (χ0n) is 11.7. The SMILES string of the molecule is CCNC(CSc1ccccc1)Cc1ccc(Cl)cc1. The average molecular weight is 306 g/mol. The first-order valence-electron chi connectivity index (χ1n) is 6.93. The summed E-state index contributed by atoms with van der Waals surface area (Å²) in [6, 6.07) is 19.2. The topological polar surface area (TPSA) is 12.0 Å². The Morgan fingerprint density at radius 2 is 1.75 bits per heavy atom. The third-order valence-corrected chi connectivity index (χ3v) is 4.51. The lowest BCUT2D eigenvalue weighted by atomic mass is 10.1. The van der Waals surface area contributed by atoms with Crippen molar-refractivity contribution in [2.75, 3.05) is 12.3 Å². The van der Waals surface area contributed by atoms with Gasteiger partial charge in [-0.15, -0.1) is 11.8 Å². The molecule has 0 aliphatic carbocycles. The van der Waals surface area contributed by atoms with Gasteiger partial charge in [-0.2, -0.15) is 0 Å². The molecule has 1 nitrogen and oxygen atoms in total. The number of halogens is 1. The van der Waals surface area contributed by atoms with Crippen molar-refractivity contribution in [3.05, 3.63) is 65.2 Å². The molecule has 1 N–H and O–H groups in total. The Morgan fingerprint density at radius 1 is 1.05 bits per heavy atom.